The van der Waals surface area contributed by atoms with E-state index >= 15 is 0 Å². The number of hydrogen-bond acceptors (Lipinski definition) is 4. The Morgan fingerprint density at radius 2 is 2.19 bits per heavy atom. The average molecular weight is 298 g/mol. The standard InChI is InChI=1S/C16H30N2O3/c1-12(14-6-8-20-11-14)17-9-13-5-7-18(10-13)15(19)21-16(2,3)4/h12-14,17H,5-11H2,1-4H3. The predicted molar refractivity (Wildman–Crippen MR) is 82.3 cm³/mol. The summed E-state index contributed by atoms with van der Waals surface area (Å²) in [6.45, 7) is 12.3. The van der Waals surface area contributed by atoms with Crippen molar-refractivity contribution in [3.63, 3.8) is 0 Å². The van der Waals surface area contributed by atoms with E-state index in [1.54, 1.807) is 0 Å². The van der Waals surface area contributed by atoms with Crippen molar-refractivity contribution in [2.45, 2.75) is 52.2 Å². The molecule has 1 amide bonds. The third kappa shape index (κ3) is 5.15. The van der Waals surface area contributed by atoms with Crippen LogP contribution >= 0.6 is 0 Å². The summed E-state index contributed by atoms with van der Waals surface area (Å²) in [4.78, 5) is 13.9. The van der Waals surface area contributed by atoms with Gasteiger partial charge >= 0.3 is 6.09 Å². The van der Waals surface area contributed by atoms with Gasteiger partial charge in [-0.05, 0) is 58.9 Å². The first-order valence-electron chi connectivity index (χ1n) is 8.14. The third-order valence-corrected chi connectivity index (χ3v) is 4.34. The molecule has 2 aliphatic heterocycles. The number of ether oxygens (including phenoxy) is 2. The molecule has 0 aliphatic carbocycles. The minimum Gasteiger partial charge on any atom is -0.444 e. The number of carbonyl (C=O) groups excluding carboxylic acids is 1. The van der Waals surface area contributed by atoms with E-state index in [-0.39, 0.29) is 6.09 Å². The highest BCUT2D eigenvalue weighted by Crippen LogP contribution is 2.20. The zero-order chi connectivity index (χ0) is 15.5. The fraction of sp³-hybridized carbons (Fsp3) is 0.938. The van der Waals surface area contributed by atoms with Gasteiger partial charge in [-0.3, -0.25) is 0 Å². The Hall–Kier alpha value is -0.810. The van der Waals surface area contributed by atoms with Crippen molar-refractivity contribution in [2.75, 3.05) is 32.8 Å². The van der Waals surface area contributed by atoms with Crippen molar-refractivity contribution >= 4 is 6.09 Å². The molecule has 0 aromatic rings. The second-order valence-electron chi connectivity index (χ2n) is 7.40. The van der Waals surface area contributed by atoms with Gasteiger partial charge in [0.2, 0.25) is 0 Å². The molecule has 0 spiro atoms. The van der Waals surface area contributed by atoms with Crippen molar-refractivity contribution < 1.29 is 14.3 Å². The van der Waals surface area contributed by atoms with Gasteiger partial charge in [0, 0.05) is 25.7 Å². The number of amides is 1. The molecule has 1 N–H and O–H groups in total. The van der Waals surface area contributed by atoms with Crippen LogP contribution in [0.3, 0.4) is 0 Å². The molecule has 2 heterocycles. The zero-order valence-electron chi connectivity index (χ0n) is 13.9. The Morgan fingerprint density at radius 1 is 1.43 bits per heavy atom. The van der Waals surface area contributed by atoms with Gasteiger partial charge in [-0.1, -0.05) is 0 Å². The minimum atomic E-state index is -0.412. The molecule has 0 aromatic carbocycles. The van der Waals surface area contributed by atoms with E-state index in [0.29, 0.717) is 17.9 Å². The molecule has 0 aromatic heterocycles. The van der Waals surface area contributed by atoms with E-state index in [2.05, 4.69) is 12.2 Å². The lowest BCUT2D eigenvalue weighted by atomic mass is 10.00. The molecule has 5 nitrogen and oxygen atoms in total. The molecule has 3 unspecified atom stereocenters. The lowest BCUT2D eigenvalue weighted by molar-refractivity contribution is 0.0288. The Morgan fingerprint density at radius 3 is 2.81 bits per heavy atom. The second-order valence-corrected chi connectivity index (χ2v) is 7.40. The number of nitrogens with one attached hydrogen (secondary N) is 1. The topological polar surface area (TPSA) is 50.8 Å². The summed E-state index contributed by atoms with van der Waals surface area (Å²) in [5, 5.41) is 3.62. The van der Waals surface area contributed by atoms with Crippen molar-refractivity contribution in [3.05, 3.63) is 0 Å². The summed E-state index contributed by atoms with van der Waals surface area (Å²) in [5.74, 6) is 1.16. The van der Waals surface area contributed by atoms with Crippen LogP contribution in [-0.4, -0.2) is 55.5 Å². The van der Waals surface area contributed by atoms with E-state index in [1.165, 1.54) is 0 Å². The Labute approximate surface area is 128 Å². The van der Waals surface area contributed by atoms with Crippen LogP contribution < -0.4 is 5.32 Å². The van der Waals surface area contributed by atoms with Gasteiger partial charge in [-0.25, -0.2) is 4.79 Å². The van der Waals surface area contributed by atoms with Crippen molar-refractivity contribution in [3.8, 4) is 0 Å². The maximum Gasteiger partial charge on any atom is 0.410 e. The summed E-state index contributed by atoms with van der Waals surface area (Å²) >= 11 is 0. The summed E-state index contributed by atoms with van der Waals surface area (Å²) < 4.78 is 10.9. The number of carbonyl (C=O) groups is 1. The zero-order valence-corrected chi connectivity index (χ0v) is 13.9. The molecule has 2 fully saturated rings. The monoisotopic (exact) mass is 298 g/mol. The van der Waals surface area contributed by atoms with Crippen LogP contribution in [-0.2, 0) is 9.47 Å². The lowest BCUT2D eigenvalue weighted by Crippen LogP contribution is -2.39. The predicted octanol–water partition coefficient (Wildman–Crippen LogP) is 2.26. The number of rotatable bonds is 4. The molecular weight excluding hydrogens is 268 g/mol. The van der Waals surface area contributed by atoms with Crippen LogP contribution in [0.15, 0.2) is 0 Å². The molecule has 3 atom stereocenters. The molecule has 5 heteroatoms. The van der Waals surface area contributed by atoms with Gasteiger partial charge in [0.1, 0.15) is 5.60 Å². The van der Waals surface area contributed by atoms with Gasteiger partial charge in [0.15, 0.2) is 0 Å². The Bertz CT molecular complexity index is 348. The highest BCUT2D eigenvalue weighted by atomic mass is 16.6. The minimum absolute atomic E-state index is 0.178. The van der Waals surface area contributed by atoms with E-state index < -0.39 is 5.60 Å². The smallest absolute Gasteiger partial charge is 0.410 e. The fourth-order valence-electron chi connectivity index (χ4n) is 2.96. The maximum atomic E-state index is 12.0. The summed E-state index contributed by atoms with van der Waals surface area (Å²) in [6.07, 6.45) is 2.03. The van der Waals surface area contributed by atoms with Gasteiger partial charge in [-0.15, -0.1) is 0 Å². The van der Waals surface area contributed by atoms with E-state index in [1.807, 2.05) is 25.7 Å². The number of nitrogens with zero attached hydrogens (tertiary/aromatic N) is 1. The van der Waals surface area contributed by atoms with Gasteiger partial charge in [0.05, 0.1) is 6.61 Å². The van der Waals surface area contributed by atoms with E-state index in [0.717, 1.165) is 45.7 Å². The van der Waals surface area contributed by atoms with Crippen LogP contribution in [0.4, 0.5) is 4.79 Å². The quantitative estimate of drug-likeness (QED) is 0.865. The summed E-state index contributed by atoms with van der Waals surface area (Å²) in [6, 6.07) is 0.489. The molecule has 2 rings (SSSR count). The molecule has 2 aliphatic rings. The van der Waals surface area contributed by atoms with Crippen LogP contribution in [0.25, 0.3) is 0 Å². The largest absolute Gasteiger partial charge is 0.444 e. The second kappa shape index (κ2) is 6.97. The molecule has 0 bridgehead atoms. The molecule has 2 saturated heterocycles. The van der Waals surface area contributed by atoms with Crippen molar-refractivity contribution in [1.82, 2.24) is 10.2 Å². The van der Waals surface area contributed by atoms with Crippen molar-refractivity contribution in [2.24, 2.45) is 11.8 Å². The normalized spacial score (nSPS) is 27.9. The van der Waals surface area contributed by atoms with E-state index in [9.17, 15) is 4.79 Å². The third-order valence-electron chi connectivity index (χ3n) is 4.34. The molecule has 21 heavy (non-hydrogen) atoms. The summed E-state index contributed by atoms with van der Waals surface area (Å²) in [7, 11) is 0. The first kappa shape index (κ1) is 16.6. The van der Waals surface area contributed by atoms with Crippen molar-refractivity contribution in [1.29, 1.82) is 0 Å². The fourth-order valence-corrected chi connectivity index (χ4v) is 2.96. The lowest BCUT2D eigenvalue weighted by Gasteiger charge is -2.25. The molecule has 0 saturated carbocycles. The first-order valence-corrected chi connectivity index (χ1v) is 8.14. The molecule has 0 radical (unpaired) electrons. The van der Waals surface area contributed by atoms with E-state index in [4.69, 9.17) is 9.47 Å². The Balaban J connectivity index is 1.69. The maximum absolute atomic E-state index is 12.0. The average Bonchev–Trinajstić information content (AvgIpc) is 3.05. The van der Waals surface area contributed by atoms with Crippen LogP contribution in [0, 0.1) is 11.8 Å². The summed E-state index contributed by atoms with van der Waals surface area (Å²) in [5.41, 5.74) is -0.412. The highest BCUT2D eigenvalue weighted by Gasteiger charge is 2.30. The molecule has 122 valence electrons. The first-order chi connectivity index (χ1) is 9.85. The Kier molecular flexibility index (Phi) is 5.49. The van der Waals surface area contributed by atoms with Gasteiger partial charge in [-0.2, -0.15) is 0 Å². The van der Waals surface area contributed by atoms with Crippen LogP contribution in [0.5, 0.6) is 0 Å². The van der Waals surface area contributed by atoms with Crippen LogP contribution in [0.2, 0.25) is 0 Å². The highest BCUT2D eigenvalue weighted by molar-refractivity contribution is 5.68. The van der Waals surface area contributed by atoms with Crippen LogP contribution in [0.1, 0.15) is 40.5 Å². The molecular formula is C16H30N2O3. The number of hydrogen-bond donors (Lipinski definition) is 1. The van der Waals surface area contributed by atoms with Gasteiger partial charge < -0.3 is 19.7 Å². The SMILES string of the molecule is CC(NCC1CCN(C(=O)OC(C)(C)C)C1)C1CCOC1. The number of likely N-dealkylation sites (tertiary alicyclic amines) is 1. The van der Waals surface area contributed by atoms with Gasteiger partial charge in [0.25, 0.3) is 0 Å².